The van der Waals surface area contributed by atoms with Gasteiger partial charge < -0.3 is 14.5 Å². The number of furan rings is 1. The van der Waals surface area contributed by atoms with Crippen LogP contribution in [0.1, 0.15) is 16.1 Å². The lowest BCUT2D eigenvalue weighted by Gasteiger charge is -2.07. The molecule has 3 aromatic rings. The Kier molecular flexibility index (Phi) is 5.09. The Labute approximate surface area is 155 Å². The molecule has 1 heterocycles. The maximum atomic E-state index is 13.5. The van der Waals surface area contributed by atoms with Gasteiger partial charge in [-0.15, -0.1) is 0 Å². The molecule has 0 aliphatic rings. The van der Waals surface area contributed by atoms with E-state index in [1.54, 1.807) is 25.1 Å². The molecule has 3 rings (SSSR count). The first kappa shape index (κ1) is 18.8. The SMILES string of the molecule is Cc1c(C(=O)OCC(=O)Nc2ccc(F)c(F)c2F)oc2c(Cl)cccc12. The average molecular weight is 398 g/mol. The second-order valence-corrected chi connectivity index (χ2v) is 5.93. The van der Waals surface area contributed by atoms with Gasteiger partial charge >= 0.3 is 5.97 Å². The molecule has 0 aliphatic carbocycles. The Morgan fingerprint density at radius 1 is 1.15 bits per heavy atom. The number of benzene rings is 2. The van der Waals surface area contributed by atoms with Crippen molar-refractivity contribution in [1.82, 2.24) is 0 Å². The minimum absolute atomic E-state index is 0.134. The van der Waals surface area contributed by atoms with Gasteiger partial charge in [0.2, 0.25) is 5.76 Å². The lowest BCUT2D eigenvalue weighted by atomic mass is 10.1. The second kappa shape index (κ2) is 7.32. The number of aryl methyl sites for hydroxylation is 1. The van der Waals surface area contributed by atoms with Crippen LogP contribution in [0.2, 0.25) is 5.02 Å². The van der Waals surface area contributed by atoms with E-state index in [2.05, 4.69) is 0 Å². The number of fused-ring (bicyclic) bond motifs is 1. The molecular weight excluding hydrogens is 387 g/mol. The predicted molar refractivity (Wildman–Crippen MR) is 91.2 cm³/mol. The number of nitrogens with one attached hydrogen (secondary N) is 1. The zero-order chi connectivity index (χ0) is 19.7. The molecule has 0 bridgehead atoms. The summed E-state index contributed by atoms with van der Waals surface area (Å²) in [5, 5.41) is 2.91. The fourth-order valence-electron chi connectivity index (χ4n) is 2.41. The number of hydrogen-bond acceptors (Lipinski definition) is 4. The van der Waals surface area contributed by atoms with Gasteiger partial charge in [0.1, 0.15) is 0 Å². The average Bonchev–Trinajstić information content (AvgIpc) is 2.99. The maximum absolute atomic E-state index is 13.5. The highest BCUT2D eigenvalue weighted by atomic mass is 35.5. The number of ether oxygens (including phenoxy) is 1. The van der Waals surface area contributed by atoms with Crippen LogP contribution in [0.25, 0.3) is 11.0 Å². The van der Waals surface area contributed by atoms with Gasteiger partial charge in [0.05, 0.1) is 10.7 Å². The monoisotopic (exact) mass is 397 g/mol. The van der Waals surface area contributed by atoms with Crippen LogP contribution < -0.4 is 5.32 Å². The topological polar surface area (TPSA) is 68.5 Å². The highest BCUT2D eigenvalue weighted by molar-refractivity contribution is 6.35. The fraction of sp³-hybridized carbons (Fsp3) is 0.111. The van der Waals surface area contributed by atoms with Crippen molar-refractivity contribution in [2.24, 2.45) is 0 Å². The lowest BCUT2D eigenvalue weighted by molar-refractivity contribution is -0.119. The van der Waals surface area contributed by atoms with Crippen molar-refractivity contribution in [3.05, 3.63) is 64.1 Å². The van der Waals surface area contributed by atoms with Gasteiger partial charge in [0.25, 0.3) is 5.91 Å². The van der Waals surface area contributed by atoms with Crippen LogP contribution in [0.5, 0.6) is 0 Å². The first-order valence-electron chi connectivity index (χ1n) is 7.57. The molecule has 0 unspecified atom stereocenters. The van der Waals surface area contributed by atoms with E-state index in [1.165, 1.54) is 0 Å². The van der Waals surface area contributed by atoms with Gasteiger partial charge in [-0.2, -0.15) is 0 Å². The van der Waals surface area contributed by atoms with E-state index in [1.807, 2.05) is 5.32 Å². The summed E-state index contributed by atoms with van der Waals surface area (Å²) in [6, 6.07) is 6.48. The molecule has 0 saturated carbocycles. The standard InChI is InChI=1S/C18H11ClF3NO4/c1-8-9-3-2-4-10(19)17(9)27-16(8)18(25)26-7-13(24)23-12-6-5-11(20)14(21)15(12)22/h2-6H,7H2,1H3,(H,23,24). The molecule has 1 amide bonds. The number of halogens is 4. The van der Waals surface area contributed by atoms with Crippen LogP contribution in [0.4, 0.5) is 18.9 Å². The third-order valence-electron chi connectivity index (χ3n) is 3.74. The first-order valence-corrected chi connectivity index (χ1v) is 7.95. The van der Waals surface area contributed by atoms with Crippen LogP contribution >= 0.6 is 11.6 Å². The van der Waals surface area contributed by atoms with Crippen LogP contribution in [0, 0.1) is 24.4 Å². The van der Waals surface area contributed by atoms with Crippen LogP contribution in [-0.2, 0) is 9.53 Å². The summed E-state index contributed by atoms with van der Waals surface area (Å²) in [5.41, 5.74) is 0.197. The fourth-order valence-corrected chi connectivity index (χ4v) is 2.62. The van der Waals surface area contributed by atoms with Gasteiger partial charge in [0, 0.05) is 10.9 Å². The van der Waals surface area contributed by atoms with Crippen molar-refractivity contribution in [2.75, 3.05) is 11.9 Å². The van der Waals surface area contributed by atoms with E-state index in [4.69, 9.17) is 20.8 Å². The first-order chi connectivity index (χ1) is 12.8. The third kappa shape index (κ3) is 3.61. The molecular formula is C18H11ClF3NO4. The highest BCUT2D eigenvalue weighted by Crippen LogP contribution is 2.31. The van der Waals surface area contributed by atoms with E-state index in [0.29, 0.717) is 27.6 Å². The Hall–Kier alpha value is -3.00. The summed E-state index contributed by atoms with van der Waals surface area (Å²) in [6.07, 6.45) is 0. The smallest absolute Gasteiger partial charge is 0.375 e. The van der Waals surface area contributed by atoms with E-state index >= 15 is 0 Å². The second-order valence-electron chi connectivity index (χ2n) is 5.52. The van der Waals surface area contributed by atoms with Gasteiger partial charge in [0.15, 0.2) is 29.6 Å². The van der Waals surface area contributed by atoms with Gasteiger partial charge in [-0.25, -0.2) is 18.0 Å². The molecule has 140 valence electrons. The molecule has 27 heavy (non-hydrogen) atoms. The van der Waals surface area contributed by atoms with E-state index in [0.717, 1.165) is 6.07 Å². The zero-order valence-electron chi connectivity index (χ0n) is 13.7. The molecule has 9 heteroatoms. The minimum Gasteiger partial charge on any atom is -0.450 e. The largest absolute Gasteiger partial charge is 0.450 e. The highest BCUT2D eigenvalue weighted by Gasteiger charge is 2.22. The predicted octanol–water partition coefficient (Wildman–Crippen LogP) is 4.61. The van der Waals surface area contributed by atoms with Crippen molar-refractivity contribution in [3.8, 4) is 0 Å². The molecule has 2 aromatic carbocycles. The number of para-hydroxylation sites is 1. The molecule has 0 spiro atoms. The van der Waals surface area contributed by atoms with Crippen LogP contribution in [0.3, 0.4) is 0 Å². The summed E-state index contributed by atoms with van der Waals surface area (Å²) in [6.45, 7) is 0.830. The van der Waals surface area contributed by atoms with Crippen LogP contribution in [-0.4, -0.2) is 18.5 Å². The zero-order valence-corrected chi connectivity index (χ0v) is 14.5. The molecule has 0 aliphatic heterocycles. The maximum Gasteiger partial charge on any atom is 0.375 e. The number of hydrogen-bond donors (Lipinski definition) is 1. The number of anilines is 1. The Balaban J connectivity index is 1.69. The Morgan fingerprint density at radius 3 is 2.59 bits per heavy atom. The number of amides is 1. The Morgan fingerprint density at radius 2 is 1.89 bits per heavy atom. The molecule has 0 atom stereocenters. The van der Waals surface area contributed by atoms with E-state index < -0.39 is 41.6 Å². The number of carbonyl (C=O) groups is 2. The summed E-state index contributed by atoms with van der Waals surface area (Å²) in [4.78, 5) is 23.9. The summed E-state index contributed by atoms with van der Waals surface area (Å²) >= 11 is 6.00. The molecule has 0 saturated heterocycles. The lowest BCUT2D eigenvalue weighted by Crippen LogP contribution is -2.22. The van der Waals surface area contributed by atoms with Crippen LogP contribution in [0.15, 0.2) is 34.7 Å². The number of esters is 1. The summed E-state index contributed by atoms with van der Waals surface area (Å²) in [7, 11) is 0. The number of carbonyl (C=O) groups excluding carboxylic acids is 2. The van der Waals surface area contributed by atoms with Gasteiger partial charge in [-0.05, 0) is 25.1 Å². The van der Waals surface area contributed by atoms with Gasteiger partial charge in [-0.3, -0.25) is 4.79 Å². The summed E-state index contributed by atoms with van der Waals surface area (Å²) < 4.78 is 49.8. The van der Waals surface area contributed by atoms with Crippen molar-refractivity contribution in [2.45, 2.75) is 6.92 Å². The third-order valence-corrected chi connectivity index (χ3v) is 4.04. The van der Waals surface area contributed by atoms with Crippen molar-refractivity contribution in [1.29, 1.82) is 0 Å². The van der Waals surface area contributed by atoms with Crippen molar-refractivity contribution in [3.63, 3.8) is 0 Å². The normalized spacial score (nSPS) is 10.9. The minimum atomic E-state index is -1.72. The summed E-state index contributed by atoms with van der Waals surface area (Å²) in [5.74, 6) is -6.68. The van der Waals surface area contributed by atoms with Crippen molar-refractivity contribution >= 4 is 40.1 Å². The number of rotatable bonds is 4. The quantitative estimate of drug-likeness (QED) is 0.515. The molecule has 0 fully saturated rings. The van der Waals surface area contributed by atoms with E-state index in [-0.39, 0.29) is 5.76 Å². The molecule has 1 N–H and O–H groups in total. The molecule has 0 radical (unpaired) electrons. The Bertz CT molecular complexity index is 1060. The van der Waals surface area contributed by atoms with E-state index in [9.17, 15) is 22.8 Å². The van der Waals surface area contributed by atoms with Gasteiger partial charge in [-0.1, -0.05) is 23.7 Å². The molecule has 1 aromatic heterocycles. The van der Waals surface area contributed by atoms with Crippen molar-refractivity contribution < 1.29 is 31.9 Å². The molecule has 5 nitrogen and oxygen atoms in total.